The van der Waals surface area contributed by atoms with E-state index in [-0.39, 0.29) is 19.1 Å². The monoisotopic (exact) mass is 334 g/mol. The predicted molar refractivity (Wildman–Crippen MR) is 81.2 cm³/mol. The van der Waals surface area contributed by atoms with E-state index < -0.39 is 12.1 Å². The van der Waals surface area contributed by atoms with Gasteiger partial charge in [-0.2, -0.15) is 0 Å². The first kappa shape index (κ1) is 15.5. The molecule has 1 aliphatic rings. The zero-order valence-electron chi connectivity index (χ0n) is 12.3. The van der Waals surface area contributed by atoms with E-state index in [0.29, 0.717) is 27.9 Å². The highest BCUT2D eigenvalue weighted by Gasteiger charge is 2.31. The van der Waals surface area contributed by atoms with Crippen molar-refractivity contribution in [3.63, 3.8) is 0 Å². The van der Waals surface area contributed by atoms with Crippen molar-refractivity contribution in [2.75, 3.05) is 19.7 Å². The minimum atomic E-state index is -1.07. The Morgan fingerprint density at radius 3 is 2.83 bits per heavy atom. The van der Waals surface area contributed by atoms with Crippen molar-refractivity contribution in [2.24, 2.45) is 0 Å². The summed E-state index contributed by atoms with van der Waals surface area (Å²) in [6.07, 6.45) is 2.23. The number of ether oxygens (including phenoxy) is 1. The van der Waals surface area contributed by atoms with Gasteiger partial charge in [0, 0.05) is 18.9 Å². The minimum Gasteiger partial charge on any atom is -0.479 e. The average molecular weight is 334 g/mol. The van der Waals surface area contributed by atoms with Crippen molar-refractivity contribution in [3.05, 3.63) is 29.0 Å². The number of amides is 1. The van der Waals surface area contributed by atoms with E-state index in [2.05, 4.69) is 15.0 Å². The SMILES string of the molecule is Cc1nc(-c2ncccn2)sc1C(=O)N1CCOC(C(=O)O)C1. The molecule has 1 fully saturated rings. The van der Waals surface area contributed by atoms with E-state index in [4.69, 9.17) is 9.84 Å². The summed E-state index contributed by atoms with van der Waals surface area (Å²) >= 11 is 1.21. The van der Waals surface area contributed by atoms with Gasteiger partial charge in [0.05, 0.1) is 18.8 Å². The molecule has 0 saturated carbocycles. The van der Waals surface area contributed by atoms with Gasteiger partial charge in [-0.3, -0.25) is 4.79 Å². The number of hydrogen-bond acceptors (Lipinski definition) is 7. The Morgan fingerprint density at radius 1 is 1.39 bits per heavy atom. The van der Waals surface area contributed by atoms with Crippen molar-refractivity contribution in [2.45, 2.75) is 13.0 Å². The molecule has 9 heteroatoms. The summed E-state index contributed by atoms with van der Waals surface area (Å²) in [5, 5.41) is 9.59. The van der Waals surface area contributed by atoms with E-state index in [1.165, 1.54) is 16.2 Å². The van der Waals surface area contributed by atoms with Crippen LogP contribution >= 0.6 is 11.3 Å². The van der Waals surface area contributed by atoms with Crippen LogP contribution in [0.5, 0.6) is 0 Å². The first-order valence-electron chi connectivity index (χ1n) is 6.94. The zero-order chi connectivity index (χ0) is 16.4. The Hall–Kier alpha value is -2.39. The topological polar surface area (TPSA) is 106 Å². The molecule has 1 unspecified atom stereocenters. The van der Waals surface area contributed by atoms with Crippen LogP contribution in [0.15, 0.2) is 18.5 Å². The maximum Gasteiger partial charge on any atom is 0.334 e. The molecule has 3 rings (SSSR count). The third-order valence-corrected chi connectivity index (χ3v) is 4.52. The Kier molecular flexibility index (Phi) is 4.30. The van der Waals surface area contributed by atoms with Gasteiger partial charge < -0.3 is 14.7 Å². The third-order valence-electron chi connectivity index (χ3n) is 3.38. The summed E-state index contributed by atoms with van der Waals surface area (Å²) in [6, 6.07) is 1.70. The summed E-state index contributed by atoms with van der Waals surface area (Å²) in [5.41, 5.74) is 0.584. The number of carboxylic acid groups (broad SMARTS) is 1. The van der Waals surface area contributed by atoms with Crippen LogP contribution < -0.4 is 0 Å². The summed E-state index contributed by atoms with van der Waals surface area (Å²) in [6.45, 7) is 2.33. The number of carbonyl (C=O) groups is 2. The third kappa shape index (κ3) is 3.20. The molecule has 8 nitrogen and oxygen atoms in total. The van der Waals surface area contributed by atoms with Gasteiger partial charge in [0.1, 0.15) is 4.88 Å². The van der Waals surface area contributed by atoms with Crippen LogP contribution in [-0.2, 0) is 9.53 Å². The summed E-state index contributed by atoms with van der Waals surface area (Å²) in [4.78, 5) is 38.2. The molecule has 1 atom stereocenters. The fourth-order valence-corrected chi connectivity index (χ4v) is 3.21. The van der Waals surface area contributed by atoms with Crippen LogP contribution in [0.25, 0.3) is 10.8 Å². The first-order valence-corrected chi connectivity index (χ1v) is 7.76. The molecule has 0 aliphatic carbocycles. The van der Waals surface area contributed by atoms with E-state index in [1.54, 1.807) is 25.4 Å². The fraction of sp³-hybridized carbons (Fsp3) is 0.357. The largest absolute Gasteiger partial charge is 0.479 e. The molecule has 1 N–H and O–H groups in total. The van der Waals surface area contributed by atoms with Gasteiger partial charge in [0.2, 0.25) is 0 Å². The second kappa shape index (κ2) is 6.39. The van der Waals surface area contributed by atoms with Gasteiger partial charge in [-0.25, -0.2) is 19.7 Å². The number of aromatic nitrogens is 3. The highest BCUT2D eigenvalue weighted by atomic mass is 32.1. The lowest BCUT2D eigenvalue weighted by atomic mass is 10.2. The summed E-state index contributed by atoms with van der Waals surface area (Å²) < 4.78 is 5.13. The lowest BCUT2D eigenvalue weighted by Gasteiger charge is -2.30. The summed E-state index contributed by atoms with van der Waals surface area (Å²) in [5.74, 6) is -0.844. The molecule has 0 radical (unpaired) electrons. The molecule has 1 saturated heterocycles. The van der Waals surface area contributed by atoms with Gasteiger partial charge in [-0.1, -0.05) is 0 Å². The Morgan fingerprint density at radius 2 is 2.13 bits per heavy atom. The number of aryl methyl sites for hydroxylation is 1. The molecule has 0 aromatic carbocycles. The first-order chi connectivity index (χ1) is 11.1. The molecular weight excluding hydrogens is 320 g/mol. The molecule has 3 heterocycles. The molecule has 0 bridgehead atoms. The van der Waals surface area contributed by atoms with Gasteiger partial charge in [-0.05, 0) is 13.0 Å². The Balaban J connectivity index is 1.83. The molecule has 1 aliphatic heterocycles. The predicted octanol–water partition coefficient (Wildman–Crippen LogP) is 0.834. The second-order valence-electron chi connectivity index (χ2n) is 4.95. The number of morpholine rings is 1. The van der Waals surface area contributed by atoms with Crippen molar-refractivity contribution in [1.82, 2.24) is 19.9 Å². The maximum atomic E-state index is 12.6. The molecule has 120 valence electrons. The van der Waals surface area contributed by atoms with E-state index in [0.717, 1.165) is 0 Å². The lowest BCUT2D eigenvalue weighted by molar-refractivity contribution is -0.154. The number of carbonyl (C=O) groups excluding carboxylic acids is 1. The molecule has 2 aromatic rings. The fourth-order valence-electron chi connectivity index (χ4n) is 2.23. The van der Waals surface area contributed by atoms with Crippen LogP contribution in [0.3, 0.4) is 0 Å². The van der Waals surface area contributed by atoms with Gasteiger partial charge in [0.25, 0.3) is 5.91 Å². The highest BCUT2D eigenvalue weighted by molar-refractivity contribution is 7.17. The van der Waals surface area contributed by atoms with Crippen LogP contribution in [-0.4, -0.2) is 62.6 Å². The normalized spacial score (nSPS) is 18.0. The van der Waals surface area contributed by atoms with E-state index in [9.17, 15) is 9.59 Å². The van der Waals surface area contributed by atoms with Gasteiger partial charge >= 0.3 is 5.97 Å². The molecule has 23 heavy (non-hydrogen) atoms. The van der Waals surface area contributed by atoms with Crippen LogP contribution in [0.2, 0.25) is 0 Å². The zero-order valence-corrected chi connectivity index (χ0v) is 13.1. The number of carboxylic acids is 1. The standard InChI is InChI=1S/C14H14N4O4S/c1-8-10(23-12(17-8)11-15-3-2-4-16-11)13(19)18-5-6-22-9(7-18)14(20)21/h2-4,9H,5-7H2,1H3,(H,20,21). The number of rotatable bonds is 3. The number of aliphatic carboxylic acids is 1. The second-order valence-corrected chi connectivity index (χ2v) is 5.95. The number of hydrogen-bond donors (Lipinski definition) is 1. The lowest BCUT2D eigenvalue weighted by Crippen LogP contribution is -2.48. The van der Waals surface area contributed by atoms with Crippen molar-refractivity contribution >= 4 is 23.2 Å². The minimum absolute atomic E-state index is 0.0304. The van der Waals surface area contributed by atoms with Gasteiger partial charge in [-0.15, -0.1) is 11.3 Å². The van der Waals surface area contributed by atoms with Crippen molar-refractivity contribution < 1.29 is 19.4 Å². The number of thiazole rings is 1. The van der Waals surface area contributed by atoms with E-state index in [1.807, 2.05) is 0 Å². The van der Waals surface area contributed by atoms with Crippen LogP contribution in [0, 0.1) is 6.92 Å². The summed E-state index contributed by atoms with van der Waals surface area (Å²) in [7, 11) is 0. The van der Waals surface area contributed by atoms with E-state index >= 15 is 0 Å². The van der Waals surface area contributed by atoms with Crippen molar-refractivity contribution in [1.29, 1.82) is 0 Å². The van der Waals surface area contributed by atoms with Crippen LogP contribution in [0.1, 0.15) is 15.4 Å². The Labute approximate surface area is 135 Å². The molecule has 2 aromatic heterocycles. The quantitative estimate of drug-likeness (QED) is 0.886. The molecule has 1 amide bonds. The number of nitrogens with zero attached hydrogens (tertiary/aromatic N) is 4. The van der Waals surface area contributed by atoms with Crippen LogP contribution in [0.4, 0.5) is 0 Å². The maximum absolute atomic E-state index is 12.6. The smallest absolute Gasteiger partial charge is 0.334 e. The van der Waals surface area contributed by atoms with Crippen molar-refractivity contribution in [3.8, 4) is 10.8 Å². The molecular formula is C14H14N4O4S. The Bertz CT molecular complexity index is 734. The highest BCUT2D eigenvalue weighted by Crippen LogP contribution is 2.26. The molecule has 0 spiro atoms. The van der Waals surface area contributed by atoms with Gasteiger partial charge in [0.15, 0.2) is 16.9 Å². The average Bonchev–Trinajstić information content (AvgIpc) is 2.97.